The molecule has 2 N–H and O–H groups in total. The monoisotopic (exact) mass is 462 g/mol. The van der Waals surface area contributed by atoms with Gasteiger partial charge in [0.05, 0.1) is 20.2 Å². The second-order valence-electron chi connectivity index (χ2n) is 10.4. The van der Waals surface area contributed by atoms with Crippen LogP contribution in [0.1, 0.15) is 128 Å². The van der Waals surface area contributed by atoms with Crippen molar-refractivity contribution in [1.82, 2.24) is 0 Å². The first-order chi connectivity index (χ1) is 16.2. The minimum atomic E-state index is 0.192. The molecule has 0 bridgehead atoms. The minimum absolute atomic E-state index is 0.192. The van der Waals surface area contributed by atoms with Crippen molar-refractivity contribution in [1.29, 1.82) is 0 Å². The molecular formula is C30H56NO2+. The third-order valence-electron chi connectivity index (χ3n) is 7.47. The molecule has 192 valence electrons. The molecular weight excluding hydrogens is 406 g/mol. The largest absolute Gasteiger partial charge is 0.396 e. The van der Waals surface area contributed by atoms with E-state index in [1.54, 1.807) is 0 Å². The summed E-state index contributed by atoms with van der Waals surface area (Å²) in [7, 11) is 2.26. The van der Waals surface area contributed by atoms with Gasteiger partial charge in [-0.25, -0.2) is 0 Å². The van der Waals surface area contributed by atoms with Crippen molar-refractivity contribution in [3.05, 3.63) is 35.9 Å². The highest BCUT2D eigenvalue weighted by molar-refractivity contribution is 5.17. The zero-order valence-corrected chi connectivity index (χ0v) is 22.2. The number of nitrogens with zero attached hydrogens (tertiary/aromatic N) is 1. The first-order valence-corrected chi connectivity index (χ1v) is 14.3. The summed E-state index contributed by atoms with van der Waals surface area (Å²) in [6.45, 7) is 4.50. The Morgan fingerprint density at radius 2 is 1.06 bits per heavy atom. The molecule has 3 nitrogen and oxygen atoms in total. The SMILES string of the molecule is CCCCCCCCCCCCCCCCCC[N+](C)(CCO)C(CCO)c1ccccc1. The summed E-state index contributed by atoms with van der Waals surface area (Å²) in [5, 5.41) is 19.4. The number of hydrogen-bond acceptors (Lipinski definition) is 2. The fourth-order valence-corrected chi connectivity index (χ4v) is 5.31. The predicted molar refractivity (Wildman–Crippen MR) is 143 cm³/mol. The Hall–Kier alpha value is -0.900. The van der Waals surface area contributed by atoms with Crippen LogP contribution >= 0.6 is 0 Å². The average molecular weight is 463 g/mol. The lowest BCUT2D eigenvalue weighted by molar-refractivity contribution is -0.940. The number of benzene rings is 1. The van der Waals surface area contributed by atoms with E-state index in [1.807, 2.05) is 6.07 Å². The number of quaternary nitrogens is 1. The Kier molecular flexibility index (Phi) is 18.7. The Morgan fingerprint density at radius 3 is 1.48 bits per heavy atom. The number of aliphatic hydroxyl groups excluding tert-OH is 2. The standard InChI is InChI=1S/C30H56NO2/c1-3-4-5-6-7-8-9-10-11-12-13-14-15-16-17-21-25-31(2,26-28-33)30(24-27-32)29-22-19-18-20-23-29/h18-20,22-23,30,32-33H,3-17,21,24-28H2,1-2H3/q+1. The van der Waals surface area contributed by atoms with E-state index in [-0.39, 0.29) is 19.3 Å². The first kappa shape index (κ1) is 30.1. The lowest BCUT2D eigenvalue weighted by atomic mass is 9.98. The molecule has 0 aliphatic rings. The highest BCUT2D eigenvalue weighted by Gasteiger charge is 2.32. The van der Waals surface area contributed by atoms with Crippen LogP contribution in [0, 0.1) is 0 Å². The molecule has 2 atom stereocenters. The van der Waals surface area contributed by atoms with Crippen LogP contribution in [0.5, 0.6) is 0 Å². The molecule has 2 unspecified atom stereocenters. The maximum Gasteiger partial charge on any atom is 0.117 e. The average Bonchev–Trinajstić information content (AvgIpc) is 2.83. The zero-order valence-electron chi connectivity index (χ0n) is 22.2. The van der Waals surface area contributed by atoms with Gasteiger partial charge in [0.15, 0.2) is 0 Å². The van der Waals surface area contributed by atoms with Crippen LogP contribution in [0.25, 0.3) is 0 Å². The molecule has 0 aliphatic heterocycles. The van der Waals surface area contributed by atoms with Gasteiger partial charge in [-0.15, -0.1) is 0 Å². The van der Waals surface area contributed by atoms with Gasteiger partial charge in [-0.1, -0.05) is 127 Å². The summed E-state index contributed by atoms with van der Waals surface area (Å²) in [5.41, 5.74) is 1.28. The van der Waals surface area contributed by atoms with Crippen molar-refractivity contribution in [2.24, 2.45) is 0 Å². The van der Waals surface area contributed by atoms with E-state index in [0.717, 1.165) is 24.0 Å². The van der Waals surface area contributed by atoms with E-state index in [0.29, 0.717) is 0 Å². The molecule has 1 aromatic rings. The van der Waals surface area contributed by atoms with Gasteiger partial charge in [-0.3, -0.25) is 0 Å². The number of likely N-dealkylation sites (N-methyl/N-ethyl adjacent to an activating group) is 1. The molecule has 0 saturated carbocycles. The quantitative estimate of drug-likeness (QED) is 0.129. The van der Waals surface area contributed by atoms with Crippen molar-refractivity contribution in [2.75, 3.05) is 33.4 Å². The van der Waals surface area contributed by atoms with Gasteiger partial charge < -0.3 is 14.7 Å². The topological polar surface area (TPSA) is 40.5 Å². The van der Waals surface area contributed by atoms with Crippen LogP contribution in [0.2, 0.25) is 0 Å². The fraction of sp³-hybridized carbons (Fsp3) is 0.800. The number of unbranched alkanes of at least 4 members (excludes halogenated alkanes) is 15. The number of aliphatic hydroxyl groups is 2. The van der Waals surface area contributed by atoms with E-state index < -0.39 is 0 Å². The third-order valence-corrected chi connectivity index (χ3v) is 7.47. The van der Waals surface area contributed by atoms with E-state index >= 15 is 0 Å². The Balaban J connectivity index is 2.13. The molecule has 1 rings (SSSR count). The summed E-state index contributed by atoms with van der Waals surface area (Å²) in [6.07, 6.45) is 23.0. The van der Waals surface area contributed by atoms with Crippen LogP contribution in [-0.2, 0) is 0 Å². The highest BCUT2D eigenvalue weighted by atomic mass is 16.3. The molecule has 0 heterocycles. The van der Waals surface area contributed by atoms with Gasteiger partial charge in [-0.2, -0.15) is 0 Å². The van der Waals surface area contributed by atoms with Gasteiger partial charge in [0.25, 0.3) is 0 Å². The molecule has 0 aliphatic carbocycles. The minimum Gasteiger partial charge on any atom is -0.396 e. The molecule has 0 radical (unpaired) electrons. The van der Waals surface area contributed by atoms with E-state index in [4.69, 9.17) is 0 Å². The van der Waals surface area contributed by atoms with Crippen LogP contribution in [-0.4, -0.2) is 48.0 Å². The van der Waals surface area contributed by atoms with Crippen molar-refractivity contribution in [2.45, 2.75) is 122 Å². The maximum absolute atomic E-state index is 9.72. The van der Waals surface area contributed by atoms with Gasteiger partial charge in [0, 0.05) is 18.6 Å². The Bertz CT molecular complexity index is 535. The smallest absolute Gasteiger partial charge is 0.117 e. The van der Waals surface area contributed by atoms with Gasteiger partial charge in [-0.05, 0) is 12.8 Å². The van der Waals surface area contributed by atoms with Crippen LogP contribution in [0.3, 0.4) is 0 Å². The molecule has 3 heteroatoms. The van der Waals surface area contributed by atoms with Crippen molar-refractivity contribution in [3.8, 4) is 0 Å². The van der Waals surface area contributed by atoms with Crippen molar-refractivity contribution >= 4 is 0 Å². The second-order valence-corrected chi connectivity index (χ2v) is 10.4. The van der Waals surface area contributed by atoms with Gasteiger partial charge in [0.2, 0.25) is 0 Å². The van der Waals surface area contributed by atoms with Gasteiger partial charge >= 0.3 is 0 Å². The molecule has 0 saturated heterocycles. The van der Waals surface area contributed by atoms with E-state index in [2.05, 4.69) is 38.2 Å². The van der Waals surface area contributed by atoms with Gasteiger partial charge in [0.1, 0.15) is 12.6 Å². The number of hydrogen-bond donors (Lipinski definition) is 2. The molecule has 33 heavy (non-hydrogen) atoms. The lowest BCUT2D eigenvalue weighted by Crippen LogP contribution is -2.50. The summed E-state index contributed by atoms with van der Waals surface area (Å²) >= 11 is 0. The van der Waals surface area contributed by atoms with Crippen molar-refractivity contribution < 1.29 is 14.7 Å². The summed E-state index contributed by atoms with van der Waals surface area (Å²) < 4.78 is 0.819. The second kappa shape index (κ2) is 20.5. The normalized spacial score (nSPS) is 14.3. The third kappa shape index (κ3) is 14.2. The van der Waals surface area contributed by atoms with Crippen molar-refractivity contribution in [3.63, 3.8) is 0 Å². The summed E-state index contributed by atoms with van der Waals surface area (Å²) in [5.74, 6) is 0. The maximum atomic E-state index is 9.72. The summed E-state index contributed by atoms with van der Waals surface area (Å²) in [6, 6.07) is 10.8. The predicted octanol–water partition coefficient (Wildman–Crippen LogP) is 7.81. The number of rotatable bonds is 23. The summed E-state index contributed by atoms with van der Waals surface area (Å²) in [4.78, 5) is 0. The molecule has 0 fully saturated rings. The van der Waals surface area contributed by atoms with Crippen LogP contribution in [0.4, 0.5) is 0 Å². The highest BCUT2D eigenvalue weighted by Crippen LogP contribution is 2.30. The Labute approximate surface area is 206 Å². The molecule has 1 aromatic carbocycles. The van der Waals surface area contributed by atoms with Crippen LogP contribution < -0.4 is 0 Å². The molecule has 0 amide bonds. The Morgan fingerprint density at radius 1 is 0.606 bits per heavy atom. The molecule has 0 spiro atoms. The first-order valence-electron chi connectivity index (χ1n) is 14.3. The molecule has 0 aromatic heterocycles. The fourth-order valence-electron chi connectivity index (χ4n) is 5.31. The zero-order chi connectivity index (χ0) is 24.0. The van der Waals surface area contributed by atoms with Crippen LogP contribution in [0.15, 0.2) is 30.3 Å². The van der Waals surface area contributed by atoms with E-state index in [1.165, 1.54) is 108 Å². The van der Waals surface area contributed by atoms with E-state index in [9.17, 15) is 10.2 Å². The lowest BCUT2D eigenvalue weighted by Gasteiger charge is -2.41.